The molecule has 25 heavy (non-hydrogen) atoms. The van der Waals surface area contributed by atoms with Gasteiger partial charge in [0.1, 0.15) is 17.5 Å². The van der Waals surface area contributed by atoms with Crippen molar-refractivity contribution in [2.24, 2.45) is 5.92 Å². The Hall–Kier alpha value is -2.01. The summed E-state index contributed by atoms with van der Waals surface area (Å²) < 4.78 is 8.36. The molecule has 0 unspecified atom stereocenters. The van der Waals surface area contributed by atoms with Crippen LogP contribution in [-0.2, 0) is 6.54 Å². The first-order valence-electron chi connectivity index (χ1n) is 9.57. The van der Waals surface area contributed by atoms with Crippen molar-refractivity contribution in [1.29, 1.82) is 0 Å². The Morgan fingerprint density at radius 1 is 1.08 bits per heavy atom. The fraction of sp³-hybridized carbons (Fsp3) is 0.550. The number of amides is 1. The Balaban J connectivity index is 1.28. The van der Waals surface area contributed by atoms with Gasteiger partial charge in [0.15, 0.2) is 0 Å². The van der Waals surface area contributed by atoms with Gasteiger partial charge in [0.2, 0.25) is 0 Å². The fourth-order valence-electron chi connectivity index (χ4n) is 4.19. The lowest BCUT2D eigenvalue weighted by Crippen LogP contribution is -2.39. The predicted octanol–water partition coefficient (Wildman–Crippen LogP) is 2.64. The van der Waals surface area contributed by atoms with Gasteiger partial charge < -0.3 is 19.5 Å². The van der Waals surface area contributed by atoms with E-state index in [4.69, 9.17) is 4.74 Å². The third-order valence-corrected chi connectivity index (χ3v) is 5.78. The van der Waals surface area contributed by atoms with Gasteiger partial charge in [-0.1, -0.05) is 0 Å². The number of nitrogens with zero attached hydrogens (tertiary/aromatic N) is 2. The van der Waals surface area contributed by atoms with Crippen LogP contribution in [0, 0.1) is 5.92 Å². The predicted molar refractivity (Wildman–Crippen MR) is 97.1 cm³/mol. The average Bonchev–Trinajstić information content (AvgIpc) is 3.35. The highest BCUT2D eigenvalue weighted by Crippen LogP contribution is 2.31. The zero-order valence-electron chi connectivity index (χ0n) is 14.5. The molecule has 3 heterocycles. The summed E-state index contributed by atoms with van der Waals surface area (Å²) in [7, 11) is 0. The second-order valence-corrected chi connectivity index (χ2v) is 7.72. The summed E-state index contributed by atoms with van der Waals surface area (Å²) in [4.78, 5) is 14.6. The standard InChI is InChI=1S/C20H25N3O2/c24-20-19-12-15-11-17(3-4-18(15)23(19)10-7-21-20)25-16-5-8-22(9-6-16)13-14-1-2-14/h3-4,11-12,14,16H,1-2,5-10,13H2,(H,21,24). The van der Waals surface area contributed by atoms with E-state index < -0.39 is 0 Å². The van der Waals surface area contributed by atoms with E-state index in [1.807, 2.05) is 6.07 Å². The first-order chi connectivity index (χ1) is 12.3. The van der Waals surface area contributed by atoms with E-state index in [1.54, 1.807) is 0 Å². The maximum atomic E-state index is 12.0. The molecule has 1 amide bonds. The monoisotopic (exact) mass is 339 g/mol. The van der Waals surface area contributed by atoms with Crippen LogP contribution in [0.4, 0.5) is 0 Å². The van der Waals surface area contributed by atoms with Crippen LogP contribution >= 0.6 is 0 Å². The molecular formula is C20H25N3O2. The molecule has 2 fully saturated rings. The summed E-state index contributed by atoms with van der Waals surface area (Å²) in [6, 6.07) is 8.22. The third-order valence-electron chi connectivity index (χ3n) is 5.78. The molecule has 0 bridgehead atoms. The first kappa shape index (κ1) is 15.3. The number of fused-ring (bicyclic) bond motifs is 3. The van der Waals surface area contributed by atoms with Crippen LogP contribution in [0.5, 0.6) is 5.75 Å². The molecule has 2 aliphatic heterocycles. The van der Waals surface area contributed by atoms with Gasteiger partial charge in [-0.25, -0.2) is 0 Å². The molecule has 0 spiro atoms. The van der Waals surface area contributed by atoms with Crippen molar-refractivity contribution in [3.05, 3.63) is 30.0 Å². The third kappa shape index (κ3) is 3.01. The molecular weight excluding hydrogens is 314 g/mol. The van der Waals surface area contributed by atoms with Crippen molar-refractivity contribution in [3.8, 4) is 5.75 Å². The lowest BCUT2D eigenvalue weighted by Gasteiger charge is -2.32. The molecule has 1 saturated heterocycles. The second kappa shape index (κ2) is 6.06. The lowest BCUT2D eigenvalue weighted by molar-refractivity contribution is 0.0929. The number of carbonyl (C=O) groups is 1. The van der Waals surface area contributed by atoms with Crippen LogP contribution in [0.2, 0.25) is 0 Å². The Morgan fingerprint density at radius 3 is 2.72 bits per heavy atom. The van der Waals surface area contributed by atoms with E-state index in [0.717, 1.165) is 60.7 Å². The lowest BCUT2D eigenvalue weighted by atomic mass is 10.1. The molecule has 0 radical (unpaired) electrons. The molecule has 1 aromatic carbocycles. The van der Waals surface area contributed by atoms with Crippen LogP contribution < -0.4 is 10.1 Å². The van der Waals surface area contributed by atoms with Gasteiger partial charge in [-0.15, -0.1) is 0 Å². The van der Waals surface area contributed by atoms with E-state index in [1.165, 1.54) is 19.4 Å². The quantitative estimate of drug-likeness (QED) is 0.931. The number of ether oxygens (including phenoxy) is 1. The number of aromatic nitrogens is 1. The Bertz CT molecular complexity index is 801. The summed E-state index contributed by atoms with van der Waals surface area (Å²) in [5.41, 5.74) is 1.88. The van der Waals surface area contributed by atoms with Gasteiger partial charge in [0.05, 0.1) is 0 Å². The summed E-state index contributed by atoms with van der Waals surface area (Å²) in [5.74, 6) is 1.92. The number of nitrogens with one attached hydrogen (secondary N) is 1. The average molecular weight is 339 g/mol. The minimum atomic E-state index is 0.0213. The van der Waals surface area contributed by atoms with Crippen LogP contribution in [0.15, 0.2) is 24.3 Å². The minimum absolute atomic E-state index is 0.0213. The molecule has 1 aromatic heterocycles. The van der Waals surface area contributed by atoms with Crippen molar-refractivity contribution in [3.63, 3.8) is 0 Å². The zero-order valence-corrected chi connectivity index (χ0v) is 14.5. The van der Waals surface area contributed by atoms with Crippen molar-refractivity contribution < 1.29 is 9.53 Å². The maximum absolute atomic E-state index is 12.0. The van der Waals surface area contributed by atoms with Crippen molar-refractivity contribution >= 4 is 16.8 Å². The van der Waals surface area contributed by atoms with Gasteiger partial charge in [-0.2, -0.15) is 0 Å². The van der Waals surface area contributed by atoms with E-state index in [2.05, 4.69) is 33.0 Å². The molecule has 5 rings (SSSR count). The highest BCUT2D eigenvalue weighted by atomic mass is 16.5. The molecule has 1 saturated carbocycles. The molecule has 2 aromatic rings. The number of piperidine rings is 1. The van der Waals surface area contributed by atoms with Crippen molar-refractivity contribution in [1.82, 2.24) is 14.8 Å². The number of hydrogen-bond acceptors (Lipinski definition) is 3. The van der Waals surface area contributed by atoms with Gasteiger partial charge in [-0.05, 0) is 55.9 Å². The number of benzene rings is 1. The van der Waals surface area contributed by atoms with E-state index in [0.29, 0.717) is 12.6 Å². The molecule has 1 N–H and O–H groups in total. The largest absolute Gasteiger partial charge is 0.490 e. The topological polar surface area (TPSA) is 46.5 Å². The van der Waals surface area contributed by atoms with Crippen LogP contribution in [-0.4, -0.2) is 47.7 Å². The number of hydrogen-bond donors (Lipinski definition) is 1. The minimum Gasteiger partial charge on any atom is -0.490 e. The van der Waals surface area contributed by atoms with E-state index in [9.17, 15) is 4.79 Å². The number of carbonyl (C=O) groups excluding carboxylic acids is 1. The van der Waals surface area contributed by atoms with Gasteiger partial charge >= 0.3 is 0 Å². The summed E-state index contributed by atoms with van der Waals surface area (Å²) >= 11 is 0. The maximum Gasteiger partial charge on any atom is 0.268 e. The molecule has 132 valence electrons. The Labute approximate surface area is 147 Å². The van der Waals surface area contributed by atoms with E-state index in [-0.39, 0.29) is 5.91 Å². The Morgan fingerprint density at radius 2 is 1.92 bits per heavy atom. The molecule has 3 aliphatic rings. The van der Waals surface area contributed by atoms with Crippen LogP contribution in [0.25, 0.3) is 10.9 Å². The molecule has 5 nitrogen and oxygen atoms in total. The SMILES string of the molecule is O=C1NCCn2c1cc1cc(OC3CCN(CC4CC4)CC3)ccc12. The summed E-state index contributed by atoms with van der Waals surface area (Å²) in [6.07, 6.45) is 5.39. The first-order valence-corrected chi connectivity index (χ1v) is 9.57. The van der Waals surface area contributed by atoms with Gasteiger partial charge in [0.25, 0.3) is 5.91 Å². The van der Waals surface area contributed by atoms with Gasteiger partial charge in [-0.3, -0.25) is 4.79 Å². The molecule has 5 heteroatoms. The van der Waals surface area contributed by atoms with Gasteiger partial charge in [0, 0.05) is 43.6 Å². The summed E-state index contributed by atoms with van der Waals surface area (Å²) in [6.45, 7) is 5.14. The second-order valence-electron chi connectivity index (χ2n) is 7.72. The van der Waals surface area contributed by atoms with Crippen molar-refractivity contribution in [2.45, 2.75) is 38.3 Å². The normalized spacial score (nSPS) is 22.0. The smallest absolute Gasteiger partial charge is 0.268 e. The van der Waals surface area contributed by atoms with Crippen LogP contribution in [0.1, 0.15) is 36.2 Å². The summed E-state index contributed by atoms with van der Waals surface area (Å²) in [5, 5.41) is 4.00. The van der Waals surface area contributed by atoms with E-state index >= 15 is 0 Å². The highest BCUT2D eigenvalue weighted by Gasteiger charge is 2.27. The number of rotatable bonds is 4. The highest BCUT2D eigenvalue weighted by molar-refractivity contribution is 5.99. The molecule has 1 aliphatic carbocycles. The van der Waals surface area contributed by atoms with Crippen LogP contribution in [0.3, 0.4) is 0 Å². The van der Waals surface area contributed by atoms with Crippen molar-refractivity contribution in [2.75, 3.05) is 26.2 Å². The number of likely N-dealkylation sites (tertiary alicyclic amines) is 1. The Kier molecular flexibility index (Phi) is 3.70. The fourth-order valence-corrected chi connectivity index (χ4v) is 4.19. The zero-order chi connectivity index (χ0) is 16.8. The molecule has 0 atom stereocenters.